The molecule has 12 heavy (non-hydrogen) atoms. The SMILES string of the molecule is CCOC(=O)CCCS(=O)(=O)Cl. The fourth-order valence-corrected chi connectivity index (χ4v) is 1.44. The van der Waals surface area contributed by atoms with Crippen LogP contribution in [0, 0.1) is 0 Å². The first-order valence-electron chi connectivity index (χ1n) is 3.53. The summed E-state index contributed by atoms with van der Waals surface area (Å²) in [6.45, 7) is 2.00. The van der Waals surface area contributed by atoms with Crippen LogP contribution in [0.1, 0.15) is 19.8 Å². The molecule has 6 heteroatoms. The molecular formula is C6H11ClO4S. The van der Waals surface area contributed by atoms with Gasteiger partial charge in [-0.05, 0) is 13.3 Å². The van der Waals surface area contributed by atoms with Crippen molar-refractivity contribution in [1.29, 1.82) is 0 Å². The second-order valence-corrected chi connectivity index (χ2v) is 5.05. The molecule has 0 heterocycles. The van der Waals surface area contributed by atoms with E-state index < -0.39 is 15.0 Å². The minimum atomic E-state index is -3.47. The Morgan fingerprint density at radius 2 is 2.08 bits per heavy atom. The van der Waals surface area contributed by atoms with Crippen molar-refractivity contribution in [2.75, 3.05) is 12.4 Å². The molecule has 0 aromatic carbocycles. The van der Waals surface area contributed by atoms with Crippen molar-refractivity contribution in [3.8, 4) is 0 Å². The predicted octanol–water partition coefficient (Wildman–Crippen LogP) is 0.898. The Labute approximate surface area is 76.3 Å². The molecule has 4 nitrogen and oxygen atoms in total. The van der Waals surface area contributed by atoms with Crippen molar-refractivity contribution in [3.63, 3.8) is 0 Å². The van der Waals surface area contributed by atoms with Gasteiger partial charge < -0.3 is 4.74 Å². The predicted molar refractivity (Wildman–Crippen MR) is 45.5 cm³/mol. The van der Waals surface area contributed by atoms with Gasteiger partial charge in [-0.1, -0.05) is 0 Å². The van der Waals surface area contributed by atoms with Crippen LogP contribution < -0.4 is 0 Å². The van der Waals surface area contributed by atoms with E-state index in [1.807, 2.05) is 0 Å². The molecule has 0 saturated carbocycles. The normalized spacial score (nSPS) is 11.2. The highest BCUT2D eigenvalue weighted by atomic mass is 35.7. The highest BCUT2D eigenvalue weighted by Gasteiger charge is 2.07. The summed E-state index contributed by atoms with van der Waals surface area (Å²) in [6.07, 6.45) is 0.310. The van der Waals surface area contributed by atoms with E-state index in [0.29, 0.717) is 6.61 Å². The Morgan fingerprint density at radius 3 is 2.50 bits per heavy atom. The van der Waals surface area contributed by atoms with Gasteiger partial charge in [0.2, 0.25) is 9.05 Å². The second kappa shape index (κ2) is 5.37. The monoisotopic (exact) mass is 214 g/mol. The third-order valence-electron chi connectivity index (χ3n) is 1.07. The van der Waals surface area contributed by atoms with Crippen molar-refractivity contribution in [1.82, 2.24) is 0 Å². The summed E-state index contributed by atoms with van der Waals surface area (Å²) in [5.74, 6) is -0.578. The molecule has 0 amide bonds. The zero-order valence-corrected chi connectivity index (χ0v) is 8.32. The number of hydrogen-bond acceptors (Lipinski definition) is 4. The van der Waals surface area contributed by atoms with Crippen molar-refractivity contribution in [2.24, 2.45) is 0 Å². The fraction of sp³-hybridized carbons (Fsp3) is 0.833. The van der Waals surface area contributed by atoms with Gasteiger partial charge in [0.05, 0.1) is 12.4 Å². The van der Waals surface area contributed by atoms with Crippen LogP contribution in [0.5, 0.6) is 0 Å². The summed E-state index contributed by atoms with van der Waals surface area (Å²) in [7, 11) is 1.44. The Kier molecular flexibility index (Phi) is 5.24. The molecule has 72 valence electrons. The van der Waals surface area contributed by atoms with Gasteiger partial charge in [0, 0.05) is 17.1 Å². The summed E-state index contributed by atoms with van der Waals surface area (Å²) >= 11 is 0. The zero-order valence-electron chi connectivity index (χ0n) is 6.75. The van der Waals surface area contributed by atoms with Crippen molar-refractivity contribution in [2.45, 2.75) is 19.8 Å². The molecule has 0 atom stereocenters. The van der Waals surface area contributed by atoms with Crippen LogP contribution >= 0.6 is 10.7 Å². The first-order chi connectivity index (χ1) is 5.45. The molecule has 0 saturated heterocycles. The van der Waals surface area contributed by atoms with E-state index in [-0.39, 0.29) is 18.6 Å². The average Bonchev–Trinajstić information content (AvgIpc) is 1.84. The number of carbonyl (C=O) groups excluding carboxylic acids is 1. The molecule has 0 spiro atoms. The molecule has 0 unspecified atom stereocenters. The van der Waals surface area contributed by atoms with Gasteiger partial charge >= 0.3 is 5.97 Å². The van der Waals surface area contributed by atoms with Crippen LogP contribution in [0.25, 0.3) is 0 Å². The fourth-order valence-electron chi connectivity index (χ4n) is 0.622. The van der Waals surface area contributed by atoms with Gasteiger partial charge in [0.1, 0.15) is 0 Å². The number of carbonyl (C=O) groups is 1. The third kappa shape index (κ3) is 7.81. The van der Waals surface area contributed by atoms with Crippen LogP contribution in [-0.2, 0) is 18.6 Å². The molecule has 0 aromatic rings. The van der Waals surface area contributed by atoms with E-state index in [1.165, 1.54) is 0 Å². The third-order valence-corrected chi connectivity index (χ3v) is 2.31. The maximum atomic E-state index is 10.7. The zero-order chi connectivity index (χ0) is 9.61. The lowest BCUT2D eigenvalue weighted by Gasteiger charge is -1.99. The molecule has 0 bridgehead atoms. The number of rotatable bonds is 5. The van der Waals surface area contributed by atoms with Crippen molar-refractivity contribution in [3.05, 3.63) is 0 Å². The van der Waals surface area contributed by atoms with Crippen molar-refractivity contribution >= 4 is 25.7 Å². The Balaban J connectivity index is 3.51. The molecule has 0 aromatic heterocycles. The smallest absolute Gasteiger partial charge is 0.305 e. The van der Waals surface area contributed by atoms with Crippen LogP contribution in [-0.4, -0.2) is 26.7 Å². The van der Waals surface area contributed by atoms with Gasteiger partial charge in [-0.15, -0.1) is 0 Å². The van der Waals surface area contributed by atoms with Gasteiger partial charge in [-0.25, -0.2) is 8.42 Å². The summed E-state index contributed by atoms with van der Waals surface area (Å²) in [4.78, 5) is 10.7. The van der Waals surface area contributed by atoms with Crippen LogP contribution in [0.3, 0.4) is 0 Å². The number of hydrogen-bond donors (Lipinski definition) is 0. The quantitative estimate of drug-likeness (QED) is 0.504. The highest BCUT2D eigenvalue weighted by molar-refractivity contribution is 8.13. The largest absolute Gasteiger partial charge is 0.466 e. The first kappa shape index (κ1) is 11.7. The topological polar surface area (TPSA) is 60.4 Å². The van der Waals surface area contributed by atoms with E-state index in [0.717, 1.165) is 0 Å². The van der Waals surface area contributed by atoms with E-state index in [9.17, 15) is 13.2 Å². The number of esters is 1. The molecule has 0 aliphatic carbocycles. The molecule has 0 rings (SSSR count). The highest BCUT2D eigenvalue weighted by Crippen LogP contribution is 2.02. The summed E-state index contributed by atoms with van der Waals surface area (Å²) in [5.41, 5.74) is 0. The lowest BCUT2D eigenvalue weighted by molar-refractivity contribution is -0.143. The molecule has 0 N–H and O–H groups in total. The minimum absolute atomic E-state index is 0.0970. The Hall–Kier alpha value is -0.290. The molecular weight excluding hydrogens is 204 g/mol. The standard InChI is InChI=1S/C6H11ClO4S/c1-2-11-6(8)4-3-5-12(7,9)10/h2-5H2,1H3. The average molecular weight is 215 g/mol. The van der Waals surface area contributed by atoms with Crippen LogP contribution in [0.2, 0.25) is 0 Å². The molecule has 0 fully saturated rings. The lowest BCUT2D eigenvalue weighted by Crippen LogP contribution is -2.06. The van der Waals surface area contributed by atoms with E-state index in [2.05, 4.69) is 4.74 Å². The van der Waals surface area contributed by atoms with Crippen LogP contribution in [0.4, 0.5) is 0 Å². The molecule has 0 aliphatic rings. The lowest BCUT2D eigenvalue weighted by atomic mass is 10.3. The van der Waals surface area contributed by atoms with E-state index >= 15 is 0 Å². The first-order valence-corrected chi connectivity index (χ1v) is 6.01. The molecule has 0 radical (unpaired) electrons. The van der Waals surface area contributed by atoms with Crippen LogP contribution in [0.15, 0.2) is 0 Å². The number of halogens is 1. The summed E-state index contributed by atoms with van der Waals surface area (Å²) < 4.78 is 25.3. The maximum absolute atomic E-state index is 10.7. The van der Waals surface area contributed by atoms with Gasteiger partial charge in [0.15, 0.2) is 0 Å². The van der Waals surface area contributed by atoms with Crippen molar-refractivity contribution < 1.29 is 17.9 Å². The van der Waals surface area contributed by atoms with Gasteiger partial charge in [0.25, 0.3) is 0 Å². The summed E-state index contributed by atoms with van der Waals surface area (Å²) in [6, 6.07) is 0. The Bertz CT molecular complexity index is 234. The second-order valence-electron chi connectivity index (χ2n) is 2.15. The number of ether oxygens (including phenoxy) is 1. The van der Waals surface area contributed by atoms with Gasteiger partial charge in [-0.3, -0.25) is 4.79 Å². The minimum Gasteiger partial charge on any atom is -0.466 e. The maximum Gasteiger partial charge on any atom is 0.305 e. The Morgan fingerprint density at radius 1 is 1.50 bits per heavy atom. The van der Waals surface area contributed by atoms with Gasteiger partial charge in [-0.2, -0.15) is 0 Å². The van der Waals surface area contributed by atoms with E-state index in [4.69, 9.17) is 10.7 Å². The van der Waals surface area contributed by atoms with E-state index in [1.54, 1.807) is 6.92 Å². The summed E-state index contributed by atoms with van der Waals surface area (Å²) in [5, 5.41) is 0. The molecule has 0 aliphatic heterocycles.